The van der Waals surface area contributed by atoms with Crippen molar-refractivity contribution in [1.29, 1.82) is 0 Å². The number of allylic oxidation sites excluding steroid dienone is 3. The van der Waals surface area contributed by atoms with Gasteiger partial charge in [-0.25, -0.2) is 0 Å². The van der Waals surface area contributed by atoms with E-state index in [0.717, 1.165) is 16.7 Å². The molecule has 1 aromatic carbocycles. The van der Waals surface area contributed by atoms with Crippen LogP contribution in [-0.2, 0) is 0 Å². The number of hydrogen-bond acceptors (Lipinski definition) is 2. The number of carbonyl (C=O) groups is 1. The summed E-state index contributed by atoms with van der Waals surface area (Å²) in [6, 6.07) is 7.59. The summed E-state index contributed by atoms with van der Waals surface area (Å²) in [4.78, 5) is 11.9. The van der Waals surface area contributed by atoms with Gasteiger partial charge < -0.3 is 0 Å². The highest BCUT2D eigenvalue weighted by Gasteiger charge is 2.08. The van der Waals surface area contributed by atoms with E-state index in [-0.39, 0.29) is 5.78 Å². The quantitative estimate of drug-likeness (QED) is 0.355. The molecule has 2 heteroatoms. The maximum atomic E-state index is 11.9. The fraction of sp³-hybridized carbons (Fsp3) is 0.154. The summed E-state index contributed by atoms with van der Waals surface area (Å²) in [7, 11) is 0. The number of carbonyl (C=O) groups excluding carboxylic acids is 1. The summed E-state index contributed by atoms with van der Waals surface area (Å²) in [5.41, 5.74) is 2.48. The highest BCUT2D eigenvalue weighted by molar-refractivity contribution is 7.83. The lowest BCUT2D eigenvalue weighted by Gasteiger charge is -2.03. The van der Waals surface area contributed by atoms with Gasteiger partial charge in [0.25, 0.3) is 0 Å². The van der Waals surface area contributed by atoms with Crippen LogP contribution >= 0.6 is 12.6 Å². The van der Waals surface area contributed by atoms with Gasteiger partial charge in [0.2, 0.25) is 0 Å². The summed E-state index contributed by atoms with van der Waals surface area (Å²) >= 11 is 3.93. The van der Waals surface area contributed by atoms with Crippen molar-refractivity contribution in [2.75, 3.05) is 0 Å². The Morgan fingerprint density at radius 2 is 2.00 bits per heavy atom. The molecule has 0 N–H and O–H groups in total. The Balaban J connectivity index is 3.00. The van der Waals surface area contributed by atoms with Crippen LogP contribution in [0.5, 0.6) is 0 Å². The molecule has 0 aromatic heterocycles. The third-order valence-corrected chi connectivity index (χ3v) is 2.35. The molecule has 0 fully saturated rings. The molecule has 1 nitrogen and oxygen atoms in total. The van der Waals surface area contributed by atoms with Gasteiger partial charge in [-0.2, -0.15) is 12.6 Å². The van der Waals surface area contributed by atoms with Crippen LogP contribution in [0.25, 0.3) is 0 Å². The van der Waals surface area contributed by atoms with E-state index in [4.69, 9.17) is 0 Å². The second kappa shape index (κ2) is 5.56. The van der Waals surface area contributed by atoms with Gasteiger partial charge >= 0.3 is 0 Å². The molecule has 0 aliphatic rings. The molecule has 1 rings (SSSR count). The van der Waals surface area contributed by atoms with Crippen LogP contribution in [-0.4, -0.2) is 5.78 Å². The van der Waals surface area contributed by atoms with E-state index in [2.05, 4.69) is 12.6 Å². The van der Waals surface area contributed by atoms with Crippen LogP contribution in [0.2, 0.25) is 0 Å². The summed E-state index contributed by atoms with van der Waals surface area (Å²) in [5.74, 6) is 0.0690. The maximum absolute atomic E-state index is 11.9. The van der Waals surface area contributed by atoms with Gasteiger partial charge in [-0.3, -0.25) is 4.79 Å². The van der Waals surface area contributed by atoms with Gasteiger partial charge in [0, 0.05) is 5.56 Å². The van der Waals surface area contributed by atoms with E-state index in [1.807, 2.05) is 38.1 Å². The summed E-state index contributed by atoms with van der Waals surface area (Å²) in [6.07, 6.45) is 3.51. The molecule has 0 atom stereocenters. The monoisotopic (exact) mass is 218 g/mol. The molecule has 0 saturated heterocycles. The number of thiol groups is 1. The van der Waals surface area contributed by atoms with E-state index in [0.29, 0.717) is 0 Å². The normalized spacial score (nSPS) is 12.1. The lowest BCUT2D eigenvalue weighted by Crippen LogP contribution is -2.02. The number of rotatable bonds is 3. The number of ketones is 1. The Hall–Kier alpha value is -1.28. The third-order valence-electron chi connectivity index (χ3n) is 2.18. The Morgan fingerprint density at radius 1 is 1.33 bits per heavy atom. The van der Waals surface area contributed by atoms with Gasteiger partial charge in [-0.1, -0.05) is 36.4 Å². The Morgan fingerprint density at radius 3 is 2.60 bits per heavy atom. The Labute approximate surface area is 95.9 Å². The molecule has 0 spiro atoms. The minimum absolute atomic E-state index is 0.0690. The molecular formula is C13H14OS. The van der Waals surface area contributed by atoms with Gasteiger partial charge in [-0.15, -0.1) is 0 Å². The topological polar surface area (TPSA) is 17.1 Å². The largest absolute Gasteiger partial charge is 0.289 e. The van der Waals surface area contributed by atoms with Crippen molar-refractivity contribution < 1.29 is 4.79 Å². The van der Waals surface area contributed by atoms with Crippen LogP contribution in [0.15, 0.2) is 47.4 Å². The summed E-state index contributed by atoms with van der Waals surface area (Å²) in [5, 5.41) is 1.61. The predicted molar refractivity (Wildman–Crippen MR) is 67.4 cm³/mol. The Kier molecular flexibility index (Phi) is 4.37. The van der Waals surface area contributed by atoms with E-state index in [1.54, 1.807) is 17.6 Å². The first-order valence-corrected chi connectivity index (χ1v) is 5.26. The first-order chi connectivity index (χ1) is 7.16. The van der Waals surface area contributed by atoms with E-state index >= 15 is 0 Å². The van der Waals surface area contributed by atoms with E-state index in [9.17, 15) is 4.79 Å². The van der Waals surface area contributed by atoms with Crippen LogP contribution in [0.4, 0.5) is 0 Å². The maximum Gasteiger partial charge on any atom is 0.188 e. The molecule has 0 saturated carbocycles. The van der Waals surface area contributed by atoms with Gasteiger partial charge in [0.1, 0.15) is 0 Å². The molecule has 0 aliphatic carbocycles. The van der Waals surface area contributed by atoms with Gasteiger partial charge in [0.05, 0.1) is 0 Å². The summed E-state index contributed by atoms with van der Waals surface area (Å²) in [6.45, 7) is 3.75. The van der Waals surface area contributed by atoms with E-state index < -0.39 is 0 Å². The SMILES string of the molecule is C/C(=C\C=C/S)C(=O)c1ccccc1C. The van der Waals surface area contributed by atoms with Crippen molar-refractivity contribution in [3.05, 3.63) is 58.5 Å². The summed E-state index contributed by atoms with van der Waals surface area (Å²) < 4.78 is 0. The lowest BCUT2D eigenvalue weighted by atomic mass is 10.00. The molecule has 0 unspecified atom stereocenters. The molecule has 78 valence electrons. The molecule has 1 aromatic rings. The zero-order valence-corrected chi connectivity index (χ0v) is 9.79. The van der Waals surface area contributed by atoms with Crippen molar-refractivity contribution in [1.82, 2.24) is 0 Å². The fourth-order valence-corrected chi connectivity index (χ4v) is 1.39. The number of aryl methyl sites for hydroxylation is 1. The molecule has 0 heterocycles. The minimum atomic E-state index is 0.0690. The highest BCUT2D eigenvalue weighted by Crippen LogP contribution is 2.12. The highest BCUT2D eigenvalue weighted by atomic mass is 32.1. The second-order valence-electron chi connectivity index (χ2n) is 3.34. The second-order valence-corrected chi connectivity index (χ2v) is 3.63. The molecular weight excluding hydrogens is 204 g/mol. The van der Waals surface area contributed by atoms with Crippen LogP contribution < -0.4 is 0 Å². The Bertz CT molecular complexity index is 416. The molecule has 15 heavy (non-hydrogen) atoms. The first-order valence-electron chi connectivity index (χ1n) is 4.75. The average Bonchev–Trinajstić information content (AvgIpc) is 2.25. The predicted octanol–water partition coefficient (Wildman–Crippen LogP) is 3.57. The van der Waals surface area contributed by atoms with Crippen molar-refractivity contribution in [3.8, 4) is 0 Å². The van der Waals surface area contributed by atoms with Gasteiger partial charge in [0.15, 0.2) is 5.78 Å². The zero-order chi connectivity index (χ0) is 11.3. The lowest BCUT2D eigenvalue weighted by molar-refractivity contribution is 0.103. The molecule has 0 bridgehead atoms. The standard InChI is InChI=1S/C13H14OS/c1-10-6-3-4-8-12(10)13(14)11(2)7-5-9-15/h3-9,15H,1-2H3/b9-5-,11-7+. The smallest absolute Gasteiger partial charge is 0.188 e. The number of hydrogen-bond donors (Lipinski definition) is 1. The van der Waals surface area contributed by atoms with Crippen LogP contribution in [0.3, 0.4) is 0 Å². The molecule has 0 aliphatic heterocycles. The average molecular weight is 218 g/mol. The van der Waals surface area contributed by atoms with E-state index in [1.165, 1.54) is 0 Å². The number of benzene rings is 1. The minimum Gasteiger partial charge on any atom is -0.289 e. The fourth-order valence-electron chi connectivity index (χ4n) is 1.30. The van der Waals surface area contributed by atoms with Crippen molar-refractivity contribution in [2.24, 2.45) is 0 Å². The molecule has 0 radical (unpaired) electrons. The molecule has 0 amide bonds. The van der Waals surface area contributed by atoms with Crippen LogP contribution in [0, 0.1) is 6.92 Å². The van der Waals surface area contributed by atoms with Crippen molar-refractivity contribution in [2.45, 2.75) is 13.8 Å². The van der Waals surface area contributed by atoms with Crippen molar-refractivity contribution >= 4 is 18.4 Å². The zero-order valence-electron chi connectivity index (χ0n) is 8.90. The van der Waals surface area contributed by atoms with Crippen LogP contribution in [0.1, 0.15) is 22.8 Å². The number of Topliss-reactive ketones (excluding diaryl/α,β-unsaturated/α-hetero) is 1. The van der Waals surface area contributed by atoms with Crippen molar-refractivity contribution in [3.63, 3.8) is 0 Å². The third kappa shape index (κ3) is 3.10. The first kappa shape index (κ1) is 11.8. The van der Waals surface area contributed by atoms with Gasteiger partial charge in [-0.05, 0) is 30.4 Å².